The minimum atomic E-state index is -3.48. The van der Waals surface area contributed by atoms with Crippen LogP contribution in [0, 0.1) is 5.92 Å². The Morgan fingerprint density at radius 1 is 1.15 bits per heavy atom. The minimum Gasteiger partial charge on any atom is -0.379 e. The molecule has 0 aromatic heterocycles. The Kier molecular flexibility index (Phi) is 6.11. The minimum absolute atomic E-state index is 0.0153. The highest BCUT2D eigenvalue weighted by Gasteiger charge is 2.26. The smallest absolute Gasteiger partial charge is 0.246 e. The number of nitrogens with zero attached hydrogens (tertiary/aromatic N) is 2. The molecule has 2 aliphatic heterocycles. The number of sulfonamides is 1. The van der Waals surface area contributed by atoms with Crippen LogP contribution in [0.15, 0.2) is 35.2 Å². The quantitative estimate of drug-likeness (QED) is 0.752. The first-order chi connectivity index (χ1) is 12.5. The van der Waals surface area contributed by atoms with Crippen molar-refractivity contribution >= 4 is 22.0 Å². The van der Waals surface area contributed by atoms with Gasteiger partial charge < -0.3 is 9.64 Å². The van der Waals surface area contributed by atoms with Gasteiger partial charge in [-0.1, -0.05) is 19.1 Å². The van der Waals surface area contributed by atoms with E-state index in [1.807, 2.05) is 4.90 Å². The van der Waals surface area contributed by atoms with Crippen molar-refractivity contribution in [3.8, 4) is 0 Å². The second kappa shape index (κ2) is 8.33. The Labute approximate surface area is 155 Å². The van der Waals surface area contributed by atoms with E-state index in [1.165, 1.54) is 10.7 Å². The largest absolute Gasteiger partial charge is 0.379 e. The SMILES string of the molecule is CC1CCCN(C(=O)/C=C/c2ccc(S(=O)(=O)N3CCOCC3)cc2)C1. The van der Waals surface area contributed by atoms with E-state index in [0.717, 1.165) is 25.1 Å². The van der Waals surface area contributed by atoms with Gasteiger partial charge in [0, 0.05) is 32.3 Å². The Bertz CT molecular complexity index is 752. The summed E-state index contributed by atoms with van der Waals surface area (Å²) in [6, 6.07) is 6.65. The van der Waals surface area contributed by atoms with Gasteiger partial charge in [-0.3, -0.25) is 4.79 Å². The van der Waals surface area contributed by atoms with Gasteiger partial charge in [-0.2, -0.15) is 4.31 Å². The van der Waals surface area contributed by atoms with E-state index < -0.39 is 10.0 Å². The van der Waals surface area contributed by atoms with E-state index in [1.54, 1.807) is 36.4 Å². The van der Waals surface area contributed by atoms with Crippen molar-refractivity contribution in [1.29, 1.82) is 0 Å². The van der Waals surface area contributed by atoms with Gasteiger partial charge in [-0.05, 0) is 42.5 Å². The number of carbonyl (C=O) groups is 1. The third-order valence-electron chi connectivity index (χ3n) is 4.87. The summed E-state index contributed by atoms with van der Waals surface area (Å²) >= 11 is 0. The number of carbonyl (C=O) groups excluding carboxylic acids is 1. The molecule has 1 aromatic carbocycles. The summed E-state index contributed by atoms with van der Waals surface area (Å²) in [5.74, 6) is 0.562. The molecule has 0 N–H and O–H groups in total. The molecule has 0 saturated carbocycles. The van der Waals surface area contributed by atoms with Crippen LogP contribution in [0.25, 0.3) is 6.08 Å². The van der Waals surface area contributed by atoms with Gasteiger partial charge in [0.1, 0.15) is 0 Å². The topological polar surface area (TPSA) is 66.9 Å². The van der Waals surface area contributed by atoms with E-state index in [0.29, 0.717) is 32.2 Å². The summed E-state index contributed by atoms with van der Waals surface area (Å²) in [6.45, 7) is 5.40. The number of morpholine rings is 1. The maximum atomic E-state index is 12.6. The van der Waals surface area contributed by atoms with E-state index in [2.05, 4.69) is 6.92 Å². The number of rotatable bonds is 4. The highest BCUT2D eigenvalue weighted by Crippen LogP contribution is 2.19. The summed E-state index contributed by atoms with van der Waals surface area (Å²) in [7, 11) is -3.48. The predicted octanol–water partition coefficient (Wildman–Crippen LogP) is 1.98. The Balaban J connectivity index is 1.64. The van der Waals surface area contributed by atoms with E-state index >= 15 is 0 Å². The zero-order valence-corrected chi connectivity index (χ0v) is 16.0. The maximum absolute atomic E-state index is 12.6. The van der Waals surface area contributed by atoms with E-state index in [4.69, 9.17) is 4.74 Å². The second-order valence-electron chi connectivity index (χ2n) is 6.95. The zero-order chi connectivity index (χ0) is 18.6. The fourth-order valence-corrected chi connectivity index (χ4v) is 4.76. The van der Waals surface area contributed by atoms with Crippen LogP contribution in [0.2, 0.25) is 0 Å². The van der Waals surface area contributed by atoms with Crippen LogP contribution in [-0.4, -0.2) is 62.9 Å². The van der Waals surface area contributed by atoms with Crippen LogP contribution in [0.3, 0.4) is 0 Å². The summed E-state index contributed by atoms with van der Waals surface area (Å²) in [4.78, 5) is 14.4. The average Bonchev–Trinajstić information content (AvgIpc) is 2.67. The molecule has 1 amide bonds. The number of amides is 1. The van der Waals surface area contributed by atoms with Gasteiger partial charge in [0.2, 0.25) is 15.9 Å². The lowest BCUT2D eigenvalue weighted by molar-refractivity contribution is -0.127. The molecular weight excluding hydrogens is 352 g/mol. The van der Waals surface area contributed by atoms with Gasteiger partial charge in [0.15, 0.2) is 0 Å². The molecule has 6 nitrogen and oxygen atoms in total. The van der Waals surface area contributed by atoms with Crippen molar-refractivity contribution in [3.63, 3.8) is 0 Å². The van der Waals surface area contributed by atoms with Gasteiger partial charge >= 0.3 is 0 Å². The van der Waals surface area contributed by atoms with Crippen molar-refractivity contribution in [1.82, 2.24) is 9.21 Å². The summed E-state index contributed by atoms with van der Waals surface area (Å²) in [5, 5.41) is 0. The van der Waals surface area contributed by atoms with Crippen LogP contribution in [0.4, 0.5) is 0 Å². The molecule has 1 unspecified atom stereocenters. The predicted molar refractivity (Wildman–Crippen MR) is 100 cm³/mol. The first-order valence-corrected chi connectivity index (χ1v) is 10.6. The highest BCUT2D eigenvalue weighted by atomic mass is 32.2. The normalized spacial score (nSPS) is 22.7. The van der Waals surface area contributed by atoms with Gasteiger partial charge in [0.25, 0.3) is 0 Å². The van der Waals surface area contributed by atoms with Gasteiger partial charge in [-0.15, -0.1) is 0 Å². The Morgan fingerprint density at radius 2 is 1.85 bits per heavy atom. The lowest BCUT2D eigenvalue weighted by Gasteiger charge is -2.30. The van der Waals surface area contributed by atoms with Crippen molar-refractivity contribution in [2.24, 2.45) is 5.92 Å². The van der Waals surface area contributed by atoms with E-state index in [-0.39, 0.29) is 10.8 Å². The Hall–Kier alpha value is -1.70. The zero-order valence-electron chi connectivity index (χ0n) is 15.1. The first kappa shape index (κ1) is 19.1. The van der Waals surface area contributed by atoms with Crippen molar-refractivity contribution in [2.45, 2.75) is 24.7 Å². The number of benzene rings is 1. The number of hydrogen-bond donors (Lipinski definition) is 0. The fourth-order valence-electron chi connectivity index (χ4n) is 3.35. The molecular formula is C19H26N2O4S. The number of hydrogen-bond acceptors (Lipinski definition) is 4. The summed E-state index contributed by atoms with van der Waals surface area (Å²) < 4.78 is 31.8. The van der Waals surface area contributed by atoms with Crippen molar-refractivity contribution in [2.75, 3.05) is 39.4 Å². The lowest BCUT2D eigenvalue weighted by Crippen LogP contribution is -2.40. The molecule has 2 heterocycles. The lowest BCUT2D eigenvalue weighted by atomic mass is 10.0. The molecule has 0 aliphatic carbocycles. The molecule has 1 atom stereocenters. The number of piperidine rings is 1. The number of ether oxygens (including phenoxy) is 1. The highest BCUT2D eigenvalue weighted by molar-refractivity contribution is 7.89. The molecule has 2 fully saturated rings. The Morgan fingerprint density at radius 3 is 2.50 bits per heavy atom. The monoisotopic (exact) mass is 378 g/mol. The molecule has 0 radical (unpaired) electrons. The fraction of sp³-hybridized carbons (Fsp3) is 0.526. The molecule has 0 spiro atoms. The summed E-state index contributed by atoms with van der Waals surface area (Å²) in [6.07, 6.45) is 5.54. The molecule has 2 saturated heterocycles. The molecule has 3 rings (SSSR count). The molecule has 1 aromatic rings. The third kappa shape index (κ3) is 4.52. The van der Waals surface area contributed by atoms with Crippen molar-refractivity contribution in [3.05, 3.63) is 35.9 Å². The van der Waals surface area contributed by atoms with Gasteiger partial charge in [0.05, 0.1) is 18.1 Å². The average molecular weight is 378 g/mol. The maximum Gasteiger partial charge on any atom is 0.246 e. The van der Waals surface area contributed by atoms with Crippen LogP contribution in [-0.2, 0) is 19.6 Å². The van der Waals surface area contributed by atoms with Gasteiger partial charge in [-0.25, -0.2) is 8.42 Å². The number of likely N-dealkylation sites (tertiary alicyclic amines) is 1. The van der Waals surface area contributed by atoms with Crippen LogP contribution < -0.4 is 0 Å². The van der Waals surface area contributed by atoms with Crippen molar-refractivity contribution < 1.29 is 17.9 Å². The molecule has 0 bridgehead atoms. The molecule has 7 heteroatoms. The van der Waals surface area contributed by atoms with Crippen LogP contribution in [0.1, 0.15) is 25.3 Å². The molecule has 2 aliphatic rings. The molecule has 142 valence electrons. The van der Waals surface area contributed by atoms with Crippen LogP contribution in [0.5, 0.6) is 0 Å². The second-order valence-corrected chi connectivity index (χ2v) is 8.89. The standard InChI is InChI=1S/C19H26N2O4S/c1-16-3-2-10-20(15-16)19(22)9-6-17-4-7-18(8-5-17)26(23,24)21-11-13-25-14-12-21/h4-9,16H,2-3,10-15H2,1H3/b9-6+. The summed E-state index contributed by atoms with van der Waals surface area (Å²) in [5.41, 5.74) is 0.810. The van der Waals surface area contributed by atoms with Crippen LogP contribution >= 0.6 is 0 Å². The first-order valence-electron chi connectivity index (χ1n) is 9.12. The van der Waals surface area contributed by atoms with E-state index in [9.17, 15) is 13.2 Å². The third-order valence-corrected chi connectivity index (χ3v) is 6.79. The molecule has 26 heavy (non-hydrogen) atoms.